The van der Waals surface area contributed by atoms with E-state index < -0.39 is 0 Å². The number of fused-ring (bicyclic) bond motifs is 2. The molecule has 2 fully saturated rings. The van der Waals surface area contributed by atoms with E-state index in [4.69, 9.17) is 4.74 Å². The van der Waals surface area contributed by atoms with Gasteiger partial charge in [-0.2, -0.15) is 0 Å². The molecule has 2 rings (SSSR count). The monoisotopic (exact) mass is 140 g/mol. The Bertz CT molecular complexity index is 165. The largest absolute Gasteiger partial charge is 0.462 e. The van der Waals surface area contributed by atoms with Gasteiger partial charge in [-0.25, -0.2) is 0 Å². The first-order chi connectivity index (χ1) is 4.77. The van der Waals surface area contributed by atoms with Crippen molar-refractivity contribution in [1.82, 2.24) is 0 Å². The molecule has 56 valence electrons. The van der Waals surface area contributed by atoms with Crippen molar-refractivity contribution < 1.29 is 9.53 Å². The molecule has 2 nitrogen and oxygen atoms in total. The summed E-state index contributed by atoms with van der Waals surface area (Å²) in [6.07, 6.45) is 3.46. The Balaban J connectivity index is 2.15. The maximum atomic E-state index is 11.0. The molecular weight excluding hydrogens is 128 g/mol. The van der Waals surface area contributed by atoms with Crippen LogP contribution in [0.3, 0.4) is 0 Å². The van der Waals surface area contributed by atoms with Crippen molar-refractivity contribution in [3.63, 3.8) is 0 Å². The highest BCUT2D eigenvalue weighted by Gasteiger charge is 2.41. The van der Waals surface area contributed by atoms with E-state index in [2.05, 4.69) is 6.92 Å². The zero-order valence-corrected chi connectivity index (χ0v) is 6.17. The first-order valence-corrected chi connectivity index (χ1v) is 3.98. The van der Waals surface area contributed by atoms with E-state index >= 15 is 0 Å². The number of carbonyl (C=O) groups is 1. The van der Waals surface area contributed by atoms with Crippen molar-refractivity contribution >= 4 is 5.97 Å². The molecule has 0 spiro atoms. The van der Waals surface area contributed by atoms with E-state index in [0.29, 0.717) is 5.92 Å². The Hall–Kier alpha value is -0.530. The number of esters is 1. The molecule has 1 saturated heterocycles. The van der Waals surface area contributed by atoms with Gasteiger partial charge < -0.3 is 4.74 Å². The first kappa shape index (κ1) is 6.20. The van der Waals surface area contributed by atoms with Crippen molar-refractivity contribution in [3.8, 4) is 0 Å². The molecule has 0 aromatic rings. The molecule has 0 radical (unpaired) electrons. The number of rotatable bonds is 0. The molecule has 3 atom stereocenters. The summed E-state index contributed by atoms with van der Waals surface area (Å²) in [6, 6.07) is 0. The first-order valence-electron chi connectivity index (χ1n) is 3.98. The second-order valence-corrected chi connectivity index (χ2v) is 3.46. The van der Waals surface area contributed by atoms with Crippen molar-refractivity contribution in [2.24, 2.45) is 11.8 Å². The average molecular weight is 140 g/mol. The maximum absolute atomic E-state index is 11.0. The zero-order valence-electron chi connectivity index (χ0n) is 6.17. The van der Waals surface area contributed by atoms with Crippen LogP contribution in [0.4, 0.5) is 0 Å². The minimum absolute atomic E-state index is 0.0503. The summed E-state index contributed by atoms with van der Waals surface area (Å²) in [6.45, 7) is 2.17. The molecule has 2 heteroatoms. The van der Waals surface area contributed by atoms with Crippen LogP contribution in [-0.4, -0.2) is 12.1 Å². The molecule has 0 amide bonds. The van der Waals surface area contributed by atoms with Crippen LogP contribution in [0, 0.1) is 11.8 Å². The van der Waals surface area contributed by atoms with E-state index in [1.807, 2.05) is 0 Å². The fourth-order valence-electron chi connectivity index (χ4n) is 1.90. The molecule has 1 aliphatic carbocycles. The summed E-state index contributed by atoms with van der Waals surface area (Å²) in [5.74, 6) is 0.901. The van der Waals surface area contributed by atoms with Crippen LogP contribution in [0.25, 0.3) is 0 Å². The molecule has 0 aromatic carbocycles. The Labute approximate surface area is 60.6 Å². The fraction of sp³-hybridized carbons (Fsp3) is 0.875. The third kappa shape index (κ3) is 0.746. The number of carbonyl (C=O) groups excluding carboxylic acids is 1. The van der Waals surface area contributed by atoms with Gasteiger partial charge in [-0.05, 0) is 25.2 Å². The highest BCUT2D eigenvalue weighted by molar-refractivity contribution is 5.75. The van der Waals surface area contributed by atoms with Crippen LogP contribution in [-0.2, 0) is 9.53 Å². The predicted molar refractivity (Wildman–Crippen MR) is 36.4 cm³/mol. The lowest BCUT2D eigenvalue weighted by atomic mass is 9.83. The van der Waals surface area contributed by atoms with Crippen LogP contribution in [0.1, 0.15) is 26.2 Å². The van der Waals surface area contributed by atoms with Gasteiger partial charge >= 0.3 is 5.97 Å². The fourth-order valence-corrected chi connectivity index (χ4v) is 1.90. The van der Waals surface area contributed by atoms with Gasteiger partial charge in [0.15, 0.2) is 0 Å². The van der Waals surface area contributed by atoms with Crippen LogP contribution >= 0.6 is 0 Å². The molecule has 10 heavy (non-hydrogen) atoms. The van der Waals surface area contributed by atoms with Crippen molar-refractivity contribution in [2.45, 2.75) is 32.3 Å². The summed E-state index contributed by atoms with van der Waals surface area (Å²) in [7, 11) is 0. The Morgan fingerprint density at radius 2 is 2.30 bits per heavy atom. The zero-order chi connectivity index (χ0) is 7.14. The molecule has 1 aliphatic heterocycles. The normalized spacial score (nSPS) is 45.3. The quantitative estimate of drug-likeness (QED) is 0.475. The van der Waals surface area contributed by atoms with Crippen LogP contribution in [0.5, 0.6) is 0 Å². The Morgan fingerprint density at radius 3 is 3.00 bits per heavy atom. The summed E-state index contributed by atoms with van der Waals surface area (Å²) >= 11 is 0. The smallest absolute Gasteiger partial charge is 0.309 e. The molecule has 1 heterocycles. The minimum Gasteiger partial charge on any atom is -0.462 e. The highest BCUT2D eigenvalue weighted by Crippen LogP contribution is 2.37. The second kappa shape index (κ2) is 1.97. The molecule has 0 N–H and O–H groups in total. The SMILES string of the molecule is CC1CCC2CC1OC2=O. The topological polar surface area (TPSA) is 26.3 Å². The van der Waals surface area contributed by atoms with Crippen molar-refractivity contribution in [3.05, 3.63) is 0 Å². The number of hydrogen-bond acceptors (Lipinski definition) is 2. The van der Waals surface area contributed by atoms with E-state index in [1.54, 1.807) is 0 Å². The van der Waals surface area contributed by atoms with Crippen molar-refractivity contribution in [1.29, 1.82) is 0 Å². The van der Waals surface area contributed by atoms with Gasteiger partial charge in [0, 0.05) is 0 Å². The molecule has 3 unspecified atom stereocenters. The molecule has 1 saturated carbocycles. The third-order valence-electron chi connectivity index (χ3n) is 2.72. The lowest BCUT2D eigenvalue weighted by Gasteiger charge is -2.21. The summed E-state index contributed by atoms with van der Waals surface area (Å²) in [5.41, 5.74) is 0. The van der Waals surface area contributed by atoms with Gasteiger partial charge in [-0.1, -0.05) is 6.92 Å². The van der Waals surface area contributed by atoms with E-state index in [1.165, 1.54) is 6.42 Å². The van der Waals surface area contributed by atoms with Gasteiger partial charge in [0.1, 0.15) is 6.10 Å². The molecular formula is C8H12O2. The van der Waals surface area contributed by atoms with Crippen molar-refractivity contribution in [2.75, 3.05) is 0 Å². The van der Waals surface area contributed by atoms with Gasteiger partial charge in [0.05, 0.1) is 5.92 Å². The molecule has 2 aliphatic rings. The maximum Gasteiger partial charge on any atom is 0.309 e. The van der Waals surface area contributed by atoms with E-state index in [9.17, 15) is 4.79 Å². The van der Waals surface area contributed by atoms with E-state index in [0.717, 1.165) is 12.8 Å². The van der Waals surface area contributed by atoms with Gasteiger partial charge in [0.25, 0.3) is 0 Å². The highest BCUT2D eigenvalue weighted by atomic mass is 16.6. The standard InChI is InChI=1S/C8H12O2/c1-5-2-3-6-4-7(5)10-8(6)9/h5-7H,2-4H2,1H3. The summed E-state index contributed by atoms with van der Waals surface area (Å²) in [4.78, 5) is 11.0. The molecule has 0 aromatic heterocycles. The Kier molecular flexibility index (Phi) is 1.22. The summed E-state index contributed by atoms with van der Waals surface area (Å²) in [5, 5.41) is 0. The average Bonchev–Trinajstić information content (AvgIpc) is 2.21. The number of hydrogen-bond donors (Lipinski definition) is 0. The van der Waals surface area contributed by atoms with Crippen LogP contribution < -0.4 is 0 Å². The lowest BCUT2D eigenvalue weighted by Crippen LogP contribution is -2.20. The van der Waals surface area contributed by atoms with Gasteiger partial charge in [0.2, 0.25) is 0 Å². The minimum atomic E-state index is 0.0503. The lowest BCUT2D eigenvalue weighted by molar-refractivity contribution is -0.144. The van der Waals surface area contributed by atoms with Crippen LogP contribution in [0.2, 0.25) is 0 Å². The third-order valence-corrected chi connectivity index (χ3v) is 2.72. The Morgan fingerprint density at radius 1 is 1.50 bits per heavy atom. The van der Waals surface area contributed by atoms with Gasteiger partial charge in [-0.15, -0.1) is 0 Å². The summed E-state index contributed by atoms with van der Waals surface area (Å²) < 4.78 is 5.16. The second-order valence-electron chi connectivity index (χ2n) is 3.46. The van der Waals surface area contributed by atoms with E-state index in [-0.39, 0.29) is 18.0 Å². The van der Waals surface area contributed by atoms with Crippen LogP contribution in [0.15, 0.2) is 0 Å². The number of ether oxygens (including phenoxy) is 1. The predicted octanol–water partition coefficient (Wildman–Crippen LogP) is 1.35. The van der Waals surface area contributed by atoms with Gasteiger partial charge in [-0.3, -0.25) is 4.79 Å². The molecule has 2 bridgehead atoms.